The van der Waals surface area contributed by atoms with Crippen LogP contribution in [0.25, 0.3) is 0 Å². The van der Waals surface area contributed by atoms with Crippen LogP contribution in [0.4, 0.5) is 5.13 Å². The molecule has 0 radical (unpaired) electrons. The number of thiazole rings is 1. The Bertz CT molecular complexity index is 625. The zero-order valence-electron chi connectivity index (χ0n) is 15.7. The van der Waals surface area contributed by atoms with Crippen LogP contribution in [-0.2, 0) is 6.54 Å². The quantitative estimate of drug-likeness (QED) is 0.438. The van der Waals surface area contributed by atoms with Crippen LogP contribution in [0, 0.1) is 6.92 Å². The molecule has 0 fully saturated rings. The fourth-order valence-corrected chi connectivity index (χ4v) is 3.21. The molecule has 136 valence electrons. The smallest absolute Gasteiger partial charge is 0.203 e. The lowest BCUT2D eigenvalue weighted by atomic mass is 10.1. The number of aromatic nitrogens is 1. The number of hydrogen-bond donors (Lipinski definition) is 1. The number of unbranched alkanes of at least 4 members (excludes halogenated alkanes) is 2. The van der Waals surface area contributed by atoms with E-state index in [1.807, 2.05) is 18.5 Å². The van der Waals surface area contributed by atoms with Crippen molar-refractivity contribution in [3.8, 4) is 0 Å². The second kappa shape index (κ2) is 11.0. The molecule has 0 saturated carbocycles. The third-order valence-electron chi connectivity index (χ3n) is 4.03. The van der Waals surface area contributed by atoms with Gasteiger partial charge in [-0.3, -0.25) is 10.3 Å². The second-order valence-electron chi connectivity index (χ2n) is 6.39. The summed E-state index contributed by atoms with van der Waals surface area (Å²) in [6.07, 6.45) is 6.90. The Labute approximate surface area is 156 Å². The fraction of sp³-hybridized carbons (Fsp3) is 0.500. The van der Waals surface area contributed by atoms with E-state index < -0.39 is 0 Å². The summed E-state index contributed by atoms with van der Waals surface area (Å²) in [6.45, 7) is 9.91. The maximum absolute atomic E-state index is 4.33. The van der Waals surface area contributed by atoms with E-state index in [-0.39, 0.29) is 0 Å². The second-order valence-corrected chi connectivity index (χ2v) is 7.25. The molecule has 0 atom stereocenters. The van der Waals surface area contributed by atoms with Crippen LogP contribution in [0.3, 0.4) is 0 Å². The third-order valence-corrected chi connectivity index (χ3v) is 4.90. The minimum Gasteiger partial charge on any atom is -0.299 e. The Morgan fingerprint density at radius 1 is 1.12 bits per heavy atom. The van der Waals surface area contributed by atoms with Gasteiger partial charge < -0.3 is 0 Å². The Morgan fingerprint density at radius 3 is 2.36 bits per heavy atom. The third kappa shape index (κ3) is 7.36. The first-order valence-electron chi connectivity index (χ1n) is 9.23. The van der Waals surface area contributed by atoms with E-state index in [0.717, 1.165) is 22.9 Å². The molecule has 0 bridgehead atoms. The molecule has 2 rings (SSSR count). The van der Waals surface area contributed by atoms with Gasteiger partial charge in [0.25, 0.3) is 0 Å². The number of nitrogens with zero attached hydrogens (tertiary/aromatic N) is 3. The largest absolute Gasteiger partial charge is 0.299 e. The van der Waals surface area contributed by atoms with Crippen molar-refractivity contribution in [3.05, 3.63) is 46.5 Å². The molecule has 25 heavy (non-hydrogen) atoms. The van der Waals surface area contributed by atoms with Gasteiger partial charge >= 0.3 is 0 Å². The summed E-state index contributed by atoms with van der Waals surface area (Å²) < 4.78 is 0. The van der Waals surface area contributed by atoms with Gasteiger partial charge in [-0.15, -0.1) is 11.3 Å². The number of nitrogens with one attached hydrogen (secondary N) is 1. The lowest BCUT2D eigenvalue weighted by molar-refractivity contribution is 0.257. The molecule has 0 aliphatic rings. The summed E-state index contributed by atoms with van der Waals surface area (Å²) in [5, 5.41) is 7.10. The highest BCUT2D eigenvalue weighted by Crippen LogP contribution is 2.14. The minimum absolute atomic E-state index is 0.827. The van der Waals surface area contributed by atoms with Crippen LogP contribution < -0.4 is 5.43 Å². The number of hydrazone groups is 1. The van der Waals surface area contributed by atoms with Crippen LogP contribution >= 0.6 is 11.3 Å². The molecule has 1 N–H and O–H groups in total. The maximum atomic E-state index is 4.33. The molecule has 0 amide bonds. The van der Waals surface area contributed by atoms with Crippen molar-refractivity contribution in [2.75, 3.05) is 18.5 Å². The van der Waals surface area contributed by atoms with Gasteiger partial charge in [0, 0.05) is 11.9 Å². The summed E-state index contributed by atoms with van der Waals surface area (Å²) in [5.74, 6) is 0. The van der Waals surface area contributed by atoms with Crippen LogP contribution in [0.1, 0.15) is 56.4 Å². The van der Waals surface area contributed by atoms with Crippen molar-refractivity contribution in [1.29, 1.82) is 0 Å². The van der Waals surface area contributed by atoms with Crippen molar-refractivity contribution < 1.29 is 0 Å². The highest BCUT2D eigenvalue weighted by Gasteiger charge is 2.05. The summed E-state index contributed by atoms with van der Waals surface area (Å²) in [7, 11) is 0. The molecule has 1 aromatic heterocycles. The van der Waals surface area contributed by atoms with Crippen LogP contribution in [0.5, 0.6) is 0 Å². The van der Waals surface area contributed by atoms with Gasteiger partial charge in [-0.1, -0.05) is 51.0 Å². The van der Waals surface area contributed by atoms with Gasteiger partial charge in [0.1, 0.15) is 0 Å². The molecule has 5 heteroatoms. The van der Waals surface area contributed by atoms with Crippen molar-refractivity contribution in [1.82, 2.24) is 9.88 Å². The average molecular weight is 359 g/mol. The molecular formula is C20H30N4S. The molecule has 1 heterocycles. The summed E-state index contributed by atoms with van der Waals surface area (Å²) in [4.78, 5) is 6.90. The van der Waals surface area contributed by atoms with Gasteiger partial charge in [-0.2, -0.15) is 5.10 Å². The molecule has 4 nitrogen and oxygen atoms in total. The van der Waals surface area contributed by atoms with Crippen LogP contribution in [0.2, 0.25) is 0 Å². The van der Waals surface area contributed by atoms with Crippen LogP contribution in [0.15, 0.2) is 34.7 Å². The molecular weight excluding hydrogens is 328 g/mol. The van der Waals surface area contributed by atoms with Gasteiger partial charge in [0.05, 0.1) is 11.9 Å². The lowest BCUT2D eigenvalue weighted by Crippen LogP contribution is -2.25. The van der Waals surface area contributed by atoms with E-state index in [1.165, 1.54) is 44.3 Å². The molecule has 0 saturated heterocycles. The van der Waals surface area contributed by atoms with Gasteiger partial charge in [-0.25, -0.2) is 4.98 Å². The first-order valence-corrected chi connectivity index (χ1v) is 10.1. The lowest BCUT2D eigenvalue weighted by Gasteiger charge is -2.22. The van der Waals surface area contributed by atoms with E-state index >= 15 is 0 Å². The van der Waals surface area contributed by atoms with E-state index in [4.69, 9.17) is 0 Å². The molecule has 0 aliphatic heterocycles. The van der Waals surface area contributed by atoms with E-state index in [2.05, 4.69) is 58.5 Å². The Kier molecular flexibility index (Phi) is 8.63. The predicted molar refractivity (Wildman–Crippen MR) is 110 cm³/mol. The number of hydrogen-bond acceptors (Lipinski definition) is 5. The Hall–Kier alpha value is -1.72. The molecule has 0 unspecified atom stereocenters. The van der Waals surface area contributed by atoms with E-state index in [0.29, 0.717) is 0 Å². The van der Waals surface area contributed by atoms with Crippen molar-refractivity contribution in [2.45, 2.75) is 53.0 Å². The highest BCUT2D eigenvalue weighted by atomic mass is 32.1. The summed E-state index contributed by atoms with van der Waals surface area (Å²) >= 11 is 1.57. The van der Waals surface area contributed by atoms with Gasteiger partial charge in [0.2, 0.25) is 5.13 Å². The topological polar surface area (TPSA) is 40.5 Å². The summed E-state index contributed by atoms with van der Waals surface area (Å²) in [6, 6.07) is 8.68. The zero-order chi connectivity index (χ0) is 17.9. The standard InChI is InChI=1S/C20H30N4S/c1-4-6-12-24(13-7-5-2)15-19-10-8-18(9-11-19)14-21-23-20-22-17(3)16-25-20/h8-11,14,16H,4-7,12-13,15H2,1-3H3,(H,22,23). The first-order chi connectivity index (χ1) is 12.2. The van der Waals surface area contributed by atoms with Gasteiger partial charge in [-0.05, 0) is 44.0 Å². The number of aryl methyl sites for hydroxylation is 1. The Balaban J connectivity index is 1.86. The predicted octanol–water partition coefficient (Wildman–Crippen LogP) is 5.30. The average Bonchev–Trinajstić information content (AvgIpc) is 3.04. The molecule has 0 aliphatic carbocycles. The highest BCUT2D eigenvalue weighted by molar-refractivity contribution is 7.13. The molecule has 0 spiro atoms. The fourth-order valence-electron chi connectivity index (χ4n) is 2.57. The number of rotatable bonds is 11. The normalized spacial score (nSPS) is 11.5. The number of benzene rings is 1. The first kappa shape index (κ1) is 19.6. The Morgan fingerprint density at radius 2 is 1.80 bits per heavy atom. The van der Waals surface area contributed by atoms with E-state index in [9.17, 15) is 0 Å². The monoisotopic (exact) mass is 358 g/mol. The molecule has 2 aromatic rings. The molecule has 1 aromatic carbocycles. The maximum Gasteiger partial charge on any atom is 0.203 e. The van der Waals surface area contributed by atoms with Gasteiger partial charge in [0.15, 0.2) is 0 Å². The SMILES string of the molecule is CCCCN(CCCC)Cc1ccc(C=NNc2nc(C)cs2)cc1. The van der Waals surface area contributed by atoms with Crippen LogP contribution in [-0.4, -0.2) is 29.2 Å². The zero-order valence-corrected chi connectivity index (χ0v) is 16.5. The van der Waals surface area contributed by atoms with Crippen molar-refractivity contribution in [2.24, 2.45) is 5.10 Å². The minimum atomic E-state index is 0.827. The number of anilines is 1. The van der Waals surface area contributed by atoms with Crippen molar-refractivity contribution in [3.63, 3.8) is 0 Å². The van der Waals surface area contributed by atoms with E-state index in [1.54, 1.807) is 11.3 Å². The summed E-state index contributed by atoms with van der Waals surface area (Å²) in [5.41, 5.74) is 6.46. The van der Waals surface area contributed by atoms with Crippen molar-refractivity contribution >= 4 is 22.7 Å².